The molecule has 0 amide bonds. The van der Waals surface area contributed by atoms with E-state index in [9.17, 15) is 20.3 Å². The van der Waals surface area contributed by atoms with Gasteiger partial charge in [-0.05, 0) is 50.6 Å². The molecule has 14 heteroatoms. The van der Waals surface area contributed by atoms with Crippen molar-refractivity contribution in [1.29, 1.82) is 5.26 Å². The average Bonchev–Trinajstić information content (AvgIpc) is 3.16. The van der Waals surface area contributed by atoms with E-state index < -0.39 is 18.1 Å². The van der Waals surface area contributed by atoms with Gasteiger partial charge in [-0.2, -0.15) is 5.26 Å². The number of carboxylic acids is 1. The summed E-state index contributed by atoms with van der Waals surface area (Å²) in [7, 11) is 0. The predicted molar refractivity (Wildman–Crippen MR) is 203 cm³/mol. The van der Waals surface area contributed by atoms with Crippen molar-refractivity contribution in [3.63, 3.8) is 0 Å². The summed E-state index contributed by atoms with van der Waals surface area (Å²) >= 11 is 20.5. The van der Waals surface area contributed by atoms with Crippen LogP contribution in [0.3, 0.4) is 0 Å². The predicted octanol–water partition coefficient (Wildman–Crippen LogP) is 6.89. The summed E-state index contributed by atoms with van der Waals surface area (Å²) in [5, 5.41) is 41.8. The Kier molecular flexibility index (Phi) is 15.0. The van der Waals surface area contributed by atoms with Crippen LogP contribution in [0.2, 0.25) is 15.1 Å². The van der Waals surface area contributed by atoms with Crippen LogP contribution >= 0.6 is 34.8 Å². The fraction of sp³-hybridized carbons (Fsp3) is 0.359. The highest BCUT2D eigenvalue weighted by molar-refractivity contribution is 6.37. The normalized spacial score (nSPS) is 15.1. The fourth-order valence-electron chi connectivity index (χ4n) is 6.01. The molecule has 4 aromatic rings. The Balaban J connectivity index is 1.32. The van der Waals surface area contributed by atoms with Gasteiger partial charge in [0, 0.05) is 59.4 Å². The lowest BCUT2D eigenvalue weighted by atomic mass is 10.0. The Labute approximate surface area is 323 Å². The summed E-state index contributed by atoms with van der Waals surface area (Å²) < 4.78 is 18.4. The number of nitriles is 1. The number of likely N-dealkylation sites (tertiary alicyclic amines) is 1. The van der Waals surface area contributed by atoms with Crippen molar-refractivity contribution in [2.45, 2.75) is 57.6 Å². The first kappa shape index (κ1) is 40.1. The minimum absolute atomic E-state index is 0.0678. The second kappa shape index (κ2) is 19.8. The van der Waals surface area contributed by atoms with Gasteiger partial charge < -0.3 is 34.8 Å². The summed E-state index contributed by atoms with van der Waals surface area (Å²) in [4.78, 5) is 18.1. The number of carbonyl (C=O) groups is 1. The monoisotopic (exact) mass is 782 g/mol. The number of aliphatic carboxylic acids is 1. The molecule has 2 atom stereocenters. The minimum atomic E-state index is -0.863. The van der Waals surface area contributed by atoms with Crippen LogP contribution < -0.4 is 19.5 Å². The number of aliphatic hydroxyl groups is 2. The molecule has 0 aliphatic carbocycles. The molecular weight excluding hydrogens is 743 g/mol. The third-order valence-electron chi connectivity index (χ3n) is 8.77. The molecule has 1 saturated heterocycles. The van der Waals surface area contributed by atoms with Gasteiger partial charge in [-0.1, -0.05) is 71.6 Å². The molecular formula is C39H41Cl3N4O7. The second-order valence-electron chi connectivity index (χ2n) is 12.6. The van der Waals surface area contributed by atoms with E-state index in [0.717, 1.165) is 12.8 Å². The average molecular weight is 784 g/mol. The van der Waals surface area contributed by atoms with E-state index in [1.807, 2.05) is 35.2 Å². The maximum atomic E-state index is 12.0. The number of hydrogen-bond donors (Lipinski definition) is 4. The van der Waals surface area contributed by atoms with Gasteiger partial charge in [-0.25, -0.2) is 0 Å². The molecule has 0 radical (unpaired) electrons. The Morgan fingerprint density at radius 2 is 1.74 bits per heavy atom. The van der Waals surface area contributed by atoms with Crippen molar-refractivity contribution in [2.75, 3.05) is 32.8 Å². The number of aliphatic hydroxyl groups excluding tert-OH is 2. The Bertz CT molecular complexity index is 1910. The minimum Gasteiger partial charge on any atom is -0.492 e. The quantitative estimate of drug-likeness (QED) is 0.0780. The van der Waals surface area contributed by atoms with Crippen molar-refractivity contribution in [2.24, 2.45) is 0 Å². The number of pyridine rings is 1. The van der Waals surface area contributed by atoms with Gasteiger partial charge in [-0.3, -0.25) is 14.7 Å². The van der Waals surface area contributed by atoms with E-state index in [-0.39, 0.29) is 19.8 Å². The van der Waals surface area contributed by atoms with Gasteiger partial charge in [0.2, 0.25) is 0 Å². The summed E-state index contributed by atoms with van der Waals surface area (Å²) in [6.07, 6.45) is 5.25. The van der Waals surface area contributed by atoms with Crippen molar-refractivity contribution in [3.8, 4) is 34.4 Å². The standard InChI is InChI=1S/C39H41Cl3N4O7/c40-32-15-28(21-46-12-2-1-9-33(46)39(49)50)35(52-23-26-14-25(17-43)18-45-19-26)16-36(32)53-24-27-6-3-7-30(37(27)41)31-8-4-10-34(38(31)42)51-13-5-11-44-20-29(48)22-47/h3-4,6-8,10,14-16,18-19,29,33,44,47-48H,1-2,5,9,11-13,20-24H2,(H,49,50)/t29?,33-/m0/s1. The molecule has 5 rings (SSSR count). The van der Waals surface area contributed by atoms with E-state index in [2.05, 4.69) is 16.4 Å². The van der Waals surface area contributed by atoms with Crippen LogP contribution in [0.5, 0.6) is 17.2 Å². The molecule has 0 saturated carbocycles. The van der Waals surface area contributed by atoms with Crippen LogP contribution in [0.4, 0.5) is 0 Å². The maximum absolute atomic E-state index is 12.0. The SMILES string of the molecule is N#Cc1cncc(COc2cc(OCc3cccc(-c4cccc(OCCCNCC(O)CO)c4Cl)c3Cl)c(Cl)cc2CN2CCCC[C@H]2C(=O)O)c1. The summed E-state index contributed by atoms with van der Waals surface area (Å²) in [5.41, 5.74) is 3.86. The largest absolute Gasteiger partial charge is 0.492 e. The highest BCUT2D eigenvalue weighted by Crippen LogP contribution is 2.41. The lowest BCUT2D eigenvalue weighted by Crippen LogP contribution is -2.44. The molecule has 3 aromatic carbocycles. The van der Waals surface area contributed by atoms with Crippen LogP contribution in [-0.4, -0.2) is 76.2 Å². The zero-order valence-electron chi connectivity index (χ0n) is 28.9. The van der Waals surface area contributed by atoms with Gasteiger partial charge in [0.15, 0.2) is 0 Å². The molecule has 0 spiro atoms. The molecule has 1 fully saturated rings. The van der Waals surface area contributed by atoms with E-state index in [0.29, 0.717) is 111 Å². The second-order valence-corrected chi connectivity index (χ2v) is 13.8. The van der Waals surface area contributed by atoms with Crippen molar-refractivity contribution < 1.29 is 34.3 Å². The third-order valence-corrected chi connectivity index (χ3v) is 9.90. The highest BCUT2D eigenvalue weighted by Gasteiger charge is 2.29. The summed E-state index contributed by atoms with van der Waals surface area (Å²) in [5.74, 6) is 0.450. The van der Waals surface area contributed by atoms with Gasteiger partial charge in [0.25, 0.3) is 0 Å². The van der Waals surface area contributed by atoms with E-state index in [1.54, 1.807) is 30.5 Å². The number of hydrogen-bond acceptors (Lipinski definition) is 10. The van der Waals surface area contributed by atoms with Crippen molar-refractivity contribution in [3.05, 3.63) is 104 Å². The molecule has 1 unspecified atom stereocenters. The van der Waals surface area contributed by atoms with E-state index in [4.69, 9.17) is 54.1 Å². The summed E-state index contributed by atoms with van der Waals surface area (Å²) in [6, 6.07) is 17.6. The summed E-state index contributed by atoms with van der Waals surface area (Å²) in [6.45, 7) is 2.10. The Hall–Kier alpha value is -4.12. The molecule has 280 valence electrons. The number of halogens is 3. The number of nitrogens with one attached hydrogen (secondary N) is 1. The van der Waals surface area contributed by atoms with Crippen LogP contribution in [0.25, 0.3) is 11.1 Å². The van der Waals surface area contributed by atoms with E-state index >= 15 is 0 Å². The first-order valence-corrected chi connectivity index (χ1v) is 18.4. The van der Waals surface area contributed by atoms with Gasteiger partial charge >= 0.3 is 5.97 Å². The molecule has 4 N–H and O–H groups in total. The molecule has 11 nitrogen and oxygen atoms in total. The number of nitrogens with zero attached hydrogens (tertiary/aromatic N) is 3. The Morgan fingerprint density at radius 1 is 0.962 bits per heavy atom. The molecule has 2 heterocycles. The number of piperidine rings is 1. The first-order valence-electron chi connectivity index (χ1n) is 17.3. The molecule has 1 aromatic heterocycles. The van der Waals surface area contributed by atoms with Crippen LogP contribution in [-0.2, 0) is 24.6 Å². The zero-order valence-corrected chi connectivity index (χ0v) is 31.2. The number of carboxylic acid groups (broad SMARTS) is 1. The number of aromatic nitrogens is 1. The van der Waals surface area contributed by atoms with Crippen LogP contribution in [0.15, 0.2) is 67.0 Å². The zero-order chi connectivity index (χ0) is 37.7. The number of benzene rings is 3. The van der Waals surface area contributed by atoms with Gasteiger partial charge in [0.1, 0.15) is 42.6 Å². The van der Waals surface area contributed by atoms with Gasteiger partial charge in [-0.15, -0.1) is 0 Å². The maximum Gasteiger partial charge on any atom is 0.320 e. The first-order chi connectivity index (χ1) is 25.7. The molecule has 53 heavy (non-hydrogen) atoms. The molecule has 1 aliphatic rings. The van der Waals surface area contributed by atoms with Crippen molar-refractivity contribution >= 4 is 40.8 Å². The number of rotatable bonds is 18. The number of ether oxygens (including phenoxy) is 3. The lowest BCUT2D eigenvalue weighted by Gasteiger charge is -2.33. The third kappa shape index (κ3) is 11.0. The topological polar surface area (TPSA) is 157 Å². The highest BCUT2D eigenvalue weighted by atomic mass is 35.5. The fourth-order valence-corrected chi connectivity index (χ4v) is 6.81. The van der Waals surface area contributed by atoms with Crippen LogP contribution in [0.1, 0.15) is 47.9 Å². The van der Waals surface area contributed by atoms with Gasteiger partial charge in [0.05, 0.1) is 39.9 Å². The van der Waals surface area contributed by atoms with Crippen molar-refractivity contribution in [1.82, 2.24) is 15.2 Å². The molecule has 0 bridgehead atoms. The van der Waals surface area contributed by atoms with Crippen LogP contribution in [0, 0.1) is 11.3 Å². The smallest absolute Gasteiger partial charge is 0.320 e. The molecule has 1 aliphatic heterocycles. The lowest BCUT2D eigenvalue weighted by molar-refractivity contribution is -0.144. The Morgan fingerprint density at radius 3 is 2.51 bits per heavy atom. The van der Waals surface area contributed by atoms with E-state index in [1.165, 1.54) is 6.20 Å².